The number of ether oxygens (including phenoxy) is 2. The van der Waals surface area contributed by atoms with Gasteiger partial charge >= 0.3 is 6.18 Å². The van der Waals surface area contributed by atoms with Gasteiger partial charge in [-0.15, -0.1) is 0 Å². The molecule has 158 valence electrons. The molecule has 9 heteroatoms. The van der Waals surface area contributed by atoms with E-state index in [1.807, 2.05) is 24.8 Å². The smallest absolute Gasteiger partial charge is 0.434 e. The zero-order valence-corrected chi connectivity index (χ0v) is 16.7. The van der Waals surface area contributed by atoms with Crippen LogP contribution in [0.2, 0.25) is 0 Å². The zero-order valence-electron chi connectivity index (χ0n) is 16.7. The lowest BCUT2D eigenvalue weighted by Gasteiger charge is -2.55. The van der Waals surface area contributed by atoms with Crippen molar-refractivity contribution in [3.05, 3.63) is 41.7 Å². The van der Waals surface area contributed by atoms with Crippen LogP contribution in [0.25, 0.3) is 22.3 Å². The van der Waals surface area contributed by atoms with Crippen molar-refractivity contribution in [2.75, 3.05) is 37.8 Å². The number of fused-ring (bicyclic) bond motifs is 3. The lowest BCUT2D eigenvalue weighted by atomic mass is 9.78. The summed E-state index contributed by atoms with van der Waals surface area (Å²) in [4.78, 5) is 10.7. The third-order valence-electron chi connectivity index (χ3n) is 5.69. The molecule has 0 radical (unpaired) electrons. The van der Waals surface area contributed by atoms with Gasteiger partial charge in [-0.3, -0.25) is 4.40 Å². The van der Waals surface area contributed by atoms with Crippen molar-refractivity contribution in [2.45, 2.75) is 20.0 Å². The molecule has 30 heavy (non-hydrogen) atoms. The van der Waals surface area contributed by atoms with Gasteiger partial charge in [-0.2, -0.15) is 13.2 Å². The van der Waals surface area contributed by atoms with Gasteiger partial charge in [0.1, 0.15) is 11.4 Å². The normalized spacial score (nSPS) is 18.0. The molecule has 2 aliphatic rings. The van der Waals surface area contributed by atoms with Crippen LogP contribution in [0.1, 0.15) is 23.7 Å². The quantitative estimate of drug-likeness (QED) is 0.599. The summed E-state index contributed by atoms with van der Waals surface area (Å²) in [5.41, 5.74) is 1.43. The highest BCUT2D eigenvalue weighted by Crippen LogP contribution is 2.41. The van der Waals surface area contributed by atoms with Crippen molar-refractivity contribution in [3.63, 3.8) is 0 Å². The fraction of sp³-hybridized carbons (Fsp3) is 0.429. The summed E-state index contributed by atoms with van der Waals surface area (Å²) in [6, 6.07) is 3.69. The number of halogens is 3. The SMILES string of the molecule is C=C(OCC)c1cc(C)cc2c1nc(N1CC3(COC3)C1)n1cc(C(F)(F)F)nc21. The van der Waals surface area contributed by atoms with E-state index in [0.29, 0.717) is 61.1 Å². The topological polar surface area (TPSA) is 51.9 Å². The largest absolute Gasteiger partial charge is 0.494 e. The van der Waals surface area contributed by atoms with E-state index in [1.54, 1.807) is 6.07 Å². The molecule has 3 aromatic rings. The molecular formula is C21H21F3N4O2. The van der Waals surface area contributed by atoms with E-state index in [9.17, 15) is 13.2 Å². The number of imidazole rings is 1. The van der Waals surface area contributed by atoms with Crippen LogP contribution >= 0.6 is 0 Å². The predicted molar refractivity (Wildman–Crippen MR) is 106 cm³/mol. The first-order valence-electron chi connectivity index (χ1n) is 9.76. The molecule has 0 N–H and O–H groups in total. The molecule has 1 spiro atoms. The number of hydrogen-bond acceptors (Lipinski definition) is 5. The molecular weight excluding hydrogens is 397 g/mol. The molecule has 2 saturated heterocycles. The Hall–Kier alpha value is -2.81. The second-order valence-electron chi connectivity index (χ2n) is 8.14. The van der Waals surface area contributed by atoms with Crippen LogP contribution in [0.15, 0.2) is 24.9 Å². The van der Waals surface area contributed by atoms with Crippen molar-refractivity contribution in [1.29, 1.82) is 0 Å². The minimum absolute atomic E-state index is 0.0847. The summed E-state index contributed by atoms with van der Waals surface area (Å²) in [5, 5.41) is 0.535. The fourth-order valence-corrected chi connectivity index (χ4v) is 4.25. The Morgan fingerprint density at radius 1 is 1.27 bits per heavy atom. The first-order valence-corrected chi connectivity index (χ1v) is 9.76. The second-order valence-corrected chi connectivity index (χ2v) is 8.14. The molecule has 6 nitrogen and oxygen atoms in total. The van der Waals surface area contributed by atoms with Gasteiger partial charge in [0, 0.05) is 30.2 Å². The van der Waals surface area contributed by atoms with Crippen molar-refractivity contribution < 1.29 is 22.6 Å². The first kappa shape index (κ1) is 19.2. The minimum Gasteiger partial charge on any atom is -0.494 e. The van der Waals surface area contributed by atoms with E-state index in [4.69, 9.17) is 14.5 Å². The number of benzene rings is 1. The van der Waals surface area contributed by atoms with E-state index < -0.39 is 11.9 Å². The lowest BCUT2D eigenvalue weighted by molar-refractivity contribution is -0.140. The van der Waals surface area contributed by atoms with E-state index >= 15 is 0 Å². The number of anilines is 1. The molecule has 0 amide bonds. The summed E-state index contributed by atoms with van der Waals surface area (Å²) in [6.07, 6.45) is -3.52. The van der Waals surface area contributed by atoms with Gasteiger partial charge in [0.2, 0.25) is 5.95 Å². The van der Waals surface area contributed by atoms with Crippen LogP contribution < -0.4 is 4.90 Å². The minimum atomic E-state index is -4.55. The molecule has 0 aliphatic carbocycles. The van der Waals surface area contributed by atoms with Crippen LogP contribution in [-0.4, -0.2) is 47.3 Å². The molecule has 1 aromatic carbocycles. The van der Waals surface area contributed by atoms with Gasteiger partial charge in [0.15, 0.2) is 5.69 Å². The Kier molecular flexibility index (Phi) is 4.05. The summed E-state index contributed by atoms with van der Waals surface area (Å²) >= 11 is 0. The number of aromatic nitrogens is 3. The zero-order chi connectivity index (χ0) is 21.3. The van der Waals surface area contributed by atoms with Gasteiger partial charge in [0.05, 0.1) is 30.8 Å². The number of hydrogen-bond donors (Lipinski definition) is 0. The molecule has 0 atom stereocenters. The van der Waals surface area contributed by atoms with E-state index in [0.717, 1.165) is 11.8 Å². The lowest BCUT2D eigenvalue weighted by Crippen LogP contribution is -2.66. The van der Waals surface area contributed by atoms with Crippen molar-refractivity contribution in [3.8, 4) is 0 Å². The van der Waals surface area contributed by atoms with E-state index in [1.165, 1.54) is 4.40 Å². The van der Waals surface area contributed by atoms with E-state index in [2.05, 4.69) is 11.6 Å². The summed E-state index contributed by atoms with van der Waals surface area (Å²) in [5.74, 6) is 0.872. The molecule has 2 aliphatic heterocycles. The van der Waals surface area contributed by atoms with Crippen LogP contribution in [-0.2, 0) is 15.7 Å². The standard InChI is InChI=1S/C21H21F3N4O2/c1-4-30-13(3)14-5-12(2)6-15-17(14)26-19(27-8-20(9-27)10-29-11-20)28-7-16(21(22,23)24)25-18(15)28/h5-7H,3-4,8-11H2,1-2H3. The number of nitrogens with zero attached hydrogens (tertiary/aromatic N) is 4. The average Bonchev–Trinajstić information content (AvgIpc) is 3.05. The fourth-order valence-electron chi connectivity index (χ4n) is 4.25. The number of rotatable bonds is 4. The molecule has 2 fully saturated rings. The highest BCUT2D eigenvalue weighted by Gasteiger charge is 2.50. The van der Waals surface area contributed by atoms with Crippen molar-refractivity contribution in [2.24, 2.45) is 5.41 Å². The molecule has 0 unspecified atom stereocenters. The second kappa shape index (κ2) is 6.34. The highest BCUT2D eigenvalue weighted by atomic mass is 19.4. The highest BCUT2D eigenvalue weighted by molar-refractivity contribution is 5.99. The third-order valence-corrected chi connectivity index (χ3v) is 5.69. The number of alkyl halides is 3. The van der Waals surface area contributed by atoms with Crippen LogP contribution in [0.5, 0.6) is 0 Å². The van der Waals surface area contributed by atoms with Gasteiger partial charge in [-0.05, 0) is 31.5 Å². The summed E-state index contributed by atoms with van der Waals surface area (Å²) in [7, 11) is 0. The Labute approximate surface area is 170 Å². The van der Waals surface area contributed by atoms with Gasteiger partial charge in [-0.25, -0.2) is 9.97 Å². The monoisotopic (exact) mass is 418 g/mol. The maximum Gasteiger partial charge on any atom is 0.434 e. The van der Waals surface area contributed by atoms with Gasteiger partial charge < -0.3 is 14.4 Å². The average molecular weight is 418 g/mol. The molecule has 4 heterocycles. The van der Waals surface area contributed by atoms with Crippen molar-refractivity contribution >= 4 is 28.3 Å². The third kappa shape index (κ3) is 2.83. The first-order chi connectivity index (χ1) is 14.2. The summed E-state index contributed by atoms with van der Waals surface area (Å²) in [6.45, 7) is 10.9. The maximum absolute atomic E-state index is 13.5. The van der Waals surface area contributed by atoms with Crippen LogP contribution in [0, 0.1) is 12.3 Å². The summed E-state index contributed by atoms with van der Waals surface area (Å²) < 4.78 is 52.8. The molecule has 5 rings (SSSR count). The maximum atomic E-state index is 13.5. The Morgan fingerprint density at radius 3 is 2.60 bits per heavy atom. The van der Waals surface area contributed by atoms with Gasteiger partial charge in [-0.1, -0.05) is 6.58 Å². The molecule has 2 aromatic heterocycles. The van der Waals surface area contributed by atoms with Crippen LogP contribution in [0.4, 0.5) is 19.1 Å². The van der Waals surface area contributed by atoms with Crippen molar-refractivity contribution in [1.82, 2.24) is 14.4 Å². The van der Waals surface area contributed by atoms with E-state index in [-0.39, 0.29) is 11.1 Å². The number of aryl methyl sites for hydroxylation is 1. The Morgan fingerprint density at radius 2 is 2.00 bits per heavy atom. The van der Waals surface area contributed by atoms with Crippen LogP contribution in [0.3, 0.4) is 0 Å². The Bertz CT molecular complexity index is 1170. The predicted octanol–water partition coefficient (Wildman–Crippen LogP) is 4.05. The molecule has 0 bridgehead atoms. The molecule has 0 saturated carbocycles. The van der Waals surface area contributed by atoms with Gasteiger partial charge in [0.25, 0.3) is 0 Å². The Balaban J connectivity index is 1.76.